The van der Waals surface area contributed by atoms with Crippen molar-refractivity contribution in [1.82, 2.24) is 14.7 Å². The number of carbonyl (C=O) groups is 1. The number of ether oxygens (including phenoxy) is 1. The first-order valence-electron chi connectivity index (χ1n) is 9.35. The van der Waals surface area contributed by atoms with Gasteiger partial charge in [-0.1, -0.05) is 12.1 Å². The summed E-state index contributed by atoms with van der Waals surface area (Å²) in [5.41, 5.74) is 1.12. The fraction of sp³-hybridized carbons (Fsp3) is 0.182. The highest BCUT2D eigenvalue weighted by atomic mass is 19.1. The quantitative estimate of drug-likeness (QED) is 0.471. The predicted molar refractivity (Wildman–Crippen MR) is 107 cm³/mol. The van der Waals surface area contributed by atoms with Gasteiger partial charge in [-0.05, 0) is 67.1 Å². The van der Waals surface area contributed by atoms with Gasteiger partial charge in [0, 0.05) is 13.1 Å². The molecule has 0 saturated heterocycles. The summed E-state index contributed by atoms with van der Waals surface area (Å²) in [6.07, 6.45) is -0.515. The van der Waals surface area contributed by atoms with E-state index in [2.05, 4.69) is 5.10 Å². The fourth-order valence-electron chi connectivity index (χ4n) is 3.34. The average molecular weight is 395 g/mol. The molecule has 0 unspecified atom stereocenters. The van der Waals surface area contributed by atoms with E-state index in [9.17, 15) is 13.6 Å². The number of carbonyl (C=O) groups excluding carboxylic acids is 1. The lowest BCUT2D eigenvalue weighted by Gasteiger charge is -2.18. The van der Waals surface area contributed by atoms with Crippen LogP contribution in [0.1, 0.15) is 13.8 Å². The van der Waals surface area contributed by atoms with E-state index >= 15 is 0 Å². The third kappa shape index (κ3) is 3.40. The van der Waals surface area contributed by atoms with Crippen molar-refractivity contribution >= 4 is 27.8 Å². The lowest BCUT2D eigenvalue weighted by atomic mass is 10.1. The predicted octanol–water partition coefficient (Wildman–Crippen LogP) is 5.30. The minimum atomic E-state index is -0.515. The Labute approximate surface area is 166 Å². The number of rotatable bonds is 4. The van der Waals surface area contributed by atoms with Gasteiger partial charge in [-0.25, -0.2) is 13.6 Å². The summed E-state index contributed by atoms with van der Waals surface area (Å²) in [7, 11) is 0. The third-order valence-corrected chi connectivity index (χ3v) is 4.85. The number of benzene rings is 3. The highest BCUT2D eigenvalue weighted by molar-refractivity contribution is 6.09. The molecule has 0 spiro atoms. The molecule has 0 aliphatic heterocycles. The van der Waals surface area contributed by atoms with Gasteiger partial charge in [0.15, 0.2) is 0 Å². The van der Waals surface area contributed by atoms with Gasteiger partial charge in [0.25, 0.3) is 0 Å². The smallest absolute Gasteiger partial charge is 0.390 e. The van der Waals surface area contributed by atoms with Gasteiger partial charge in [-0.15, -0.1) is 0 Å². The van der Waals surface area contributed by atoms with Crippen molar-refractivity contribution < 1.29 is 18.3 Å². The van der Waals surface area contributed by atoms with Crippen LogP contribution in [0.3, 0.4) is 0 Å². The molecule has 5 nitrogen and oxygen atoms in total. The molecule has 0 atom stereocenters. The number of hydrogen-bond acceptors (Lipinski definition) is 3. The summed E-state index contributed by atoms with van der Waals surface area (Å²) in [5.74, 6) is -0.529. The van der Waals surface area contributed by atoms with Crippen LogP contribution in [0, 0.1) is 11.6 Å². The highest BCUT2D eigenvalue weighted by Crippen LogP contribution is 2.35. The van der Waals surface area contributed by atoms with Crippen LogP contribution < -0.4 is 4.74 Å². The molecule has 0 bridgehead atoms. The summed E-state index contributed by atoms with van der Waals surface area (Å²) >= 11 is 0. The summed E-state index contributed by atoms with van der Waals surface area (Å²) in [4.78, 5) is 14.2. The van der Waals surface area contributed by atoms with Crippen LogP contribution in [0.15, 0.2) is 54.6 Å². The van der Waals surface area contributed by atoms with Crippen molar-refractivity contribution in [2.24, 2.45) is 0 Å². The monoisotopic (exact) mass is 395 g/mol. The van der Waals surface area contributed by atoms with Crippen molar-refractivity contribution in [3.8, 4) is 11.6 Å². The molecule has 0 saturated carbocycles. The van der Waals surface area contributed by atoms with E-state index in [4.69, 9.17) is 4.74 Å². The zero-order valence-electron chi connectivity index (χ0n) is 16.0. The molecule has 0 aliphatic carbocycles. The SMILES string of the molecule is CCN(CC)C(=O)Oc1c2c(ccc3cc(F)ccc32)nn1-c1ccc(F)cc1. The summed E-state index contributed by atoms with van der Waals surface area (Å²) in [6, 6.07) is 13.6. The second kappa shape index (κ2) is 7.50. The molecule has 3 aromatic carbocycles. The first-order chi connectivity index (χ1) is 14.0. The molecule has 0 radical (unpaired) electrons. The zero-order valence-corrected chi connectivity index (χ0v) is 16.0. The van der Waals surface area contributed by atoms with E-state index in [0.29, 0.717) is 40.5 Å². The van der Waals surface area contributed by atoms with Gasteiger partial charge in [-0.3, -0.25) is 0 Å². The minimum absolute atomic E-state index is 0.209. The van der Waals surface area contributed by atoms with E-state index in [1.807, 2.05) is 13.8 Å². The zero-order chi connectivity index (χ0) is 20.5. The van der Waals surface area contributed by atoms with Crippen LogP contribution in [0.25, 0.3) is 27.4 Å². The molecule has 4 aromatic rings. The van der Waals surface area contributed by atoms with Crippen molar-refractivity contribution in [2.45, 2.75) is 13.8 Å². The van der Waals surface area contributed by atoms with E-state index in [1.54, 1.807) is 35.2 Å². The van der Waals surface area contributed by atoms with Crippen LogP contribution in [0.5, 0.6) is 5.88 Å². The molecular weight excluding hydrogens is 376 g/mol. The average Bonchev–Trinajstić information content (AvgIpc) is 3.08. The normalized spacial score (nSPS) is 11.2. The Morgan fingerprint density at radius 2 is 1.69 bits per heavy atom. The molecule has 7 heteroatoms. The largest absolute Gasteiger partial charge is 0.416 e. The first kappa shape index (κ1) is 18.9. The molecule has 1 heterocycles. The Bertz CT molecular complexity index is 1200. The van der Waals surface area contributed by atoms with E-state index in [1.165, 1.54) is 28.9 Å². The number of amides is 1. The summed E-state index contributed by atoms with van der Waals surface area (Å²) < 4.78 is 34.3. The van der Waals surface area contributed by atoms with Crippen molar-refractivity contribution in [3.05, 3.63) is 66.2 Å². The fourth-order valence-corrected chi connectivity index (χ4v) is 3.34. The molecule has 29 heavy (non-hydrogen) atoms. The molecule has 0 N–H and O–H groups in total. The molecule has 1 aromatic heterocycles. The van der Waals surface area contributed by atoms with Crippen molar-refractivity contribution in [2.75, 3.05) is 13.1 Å². The number of aromatic nitrogens is 2. The molecule has 4 rings (SSSR count). The second-order valence-electron chi connectivity index (χ2n) is 6.56. The number of hydrogen-bond donors (Lipinski definition) is 0. The summed E-state index contributed by atoms with van der Waals surface area (Å²) in [5, 5.41) is 6.52. The molecule has 0 aliphatic rings. The maximum atomic E-state index is 13.7. The first-order valence-corrected chi connectivity index (χ1v) is 9.35. The van der Waals surface area contributed by atoms with Gasteiger partial charge >= 0.3 is 6.09 Å². The highest BCUT2D eigenvalue weighted by Gasteiger charge is 2.22. The van der Waals surface area contributed by atoms with E-state index < -0.39 is 6.09 Å². The van der Waals surface area contributed by atoms with E-state index in [-0.39, 0.29) is 17.5 Å². The van der Waals surface area contributed by atoms with Gasteiger partial charge in [0.1, 0.15) is 11.6 Å². The topological polar surface area (TPSA) is 47.4 Å². The van der Waals surface area contributed by atoms with Crippen LogP contribution in [-0.2, 0) is 0 Å². The number of halogens is 2. The third-order valence-electron chi connectivity index (χ3n) is 4.85. The van der Waals surface area contributed by atoms with Crippen LogP contribution >= 0.6 is 0 Å². The van der Waals surface area contributed by atoms with Crippen molar-refractivity contribution in [1.29, 1.82) is 0 Å². The lowest BCUT2D eigenvalue weighted by molar-refractivity contribution is 0.155. The second-order valence-corrected chi connectivity index (χ2v) is 6.56. The van der Waals surface area contributed by atoms with Gasteiger partial charge in [0.2, 0.25) is 5.88 Å². The Morgan fingerprint density at radius 1 is 1.00 bits per heavy atom. The van der Waals surface area contributed by atoms with Crippen LogP contribution in [0.4, 0.5) is 13.6 Å². The van der Waals surface area contributed by atoms with Crippen molar-refractivity contribution in [3.63, 3.8) is 0 Å². The number of nitrogens with zero attached hydrogens (tertiary/aromatic N) is 3. The number of fused-ring (bicyclic) bond motifs is 3. The van der Waals surface area contributed by atoms with Crippen LogP contribution in [0.2, 0.25) is 0 Å². The molecule has 1 amide bonds. The molecule has 0 fully saturated rings. The maximum Gasteiger partial charge on any atom is 0.416 e. The van der Waals surface area contributed by atoms with E-state index in [0.717, 1.165) is 0 Å². The standard InChI is InChI=1S/C22H19F2N3O2/c1-3-26(4-2)22(28)29-21-20-18-11-8-16(24)13-14(18)5-12-19(20)25-27(21)17-9-6-15(23)7-10-17/h5-13H,3-4H2,1-2H3. The Hall–Kier alpha value is -3.48. The van der Waals surface area contributed by atoms with Gasteiger partial charge in [0.05, 0.1) is 16.6 Å². The lowest BCUT2D eigenvalue weighted by Crippen LogP contribution is -2.33. The van der Waals surface area contributed by atoms with Gasteiger partial charge < -0.3 is 9.64 Å². The molecule has 148 valence electrons. The Balaban J connectivity index is 1.97. The van der Waals surface area contributed by atoms with Crippen LogP contribution in [-0.4, -0.2) is 33.9 Å². The minimum Gasteiger partial charge on any atom is -0.390 e. The maximum absolute atomic E-state index is 13.7. The summed E-state index contributed by atoms with van der Waals surface area (Å²) in [6.45, 7) is 4.70. The molecular formula is C22H19F2N3O2. The van der Waals surface area contributed by atoms with Gasteiger partial charge in [-0.2, -0.15) is 9.78 Å². The Morgan fingerprint density at radius 3 is 2.38 bits per heavy atom. The Kier molecular flexibility index (Phi) is 4.88.